The molecule has 3 aromatic carbocycles. The van der Waals surface area contributed by atoms with Crippen LogP contribution in [0.2, 0.25) is 0 Å². The summed E-state index contributed by atoms with van der Waals surface area (Å²) in [4.78, 5) is 30.3. The number of rotatable bonds is 9. The number of carbonyl (C=O) groups is 2. The van der Waals surface area contributed by atoms with Crippen molar-refractivity contribution in [3.8, 4) is 0 Å². The molecule has 2 N–H and O–H groups in total. The zero-order chi connectivity index (χ0) is 24.5. The third-order valence-electron chi connectivity index (χ3n) is 6.42. The number of aryl methyl sites for hydroxylation is 1. The van der Waals surface area contributed by atoms with Gasteiger partial charge in [-0.2, -0.15) is 0 Å². The predicted molar refractivity (Wildman–Crippen MR) is 141 cm³/mol. The van der Waals surface area contributed by atoms with Crippen molar-refractivity contribution in [2.45, 2.75) is 19.4 Å². The lowest BCUT2D eigenvalue weighted by atomic mass is 10.0. The van der Waals surface area contributed by atoms with Crippen LogP contribution in [-0.2, 0) is 4.79 Å². The molecule has 35 heavy (non-hydrogen) atoms. The van der Waals surface area contributed by atoms with Crippen molar-refractivity contribution in [3.63, 3.8) is 0 Å². The van der Waals surface area contributed by atoms with Gasteiger partial charge in [0, 0.05) is 50.5 Å². The maximum Gasteiger partial charge on any atom is 0.251 e. The number of hydrogen-bond acceptors (Lipinski definition) is 4. The molecule has 0 spiro atoms. The van der Waals surface area contributed by atoms with Crippen LogP contribution in [0.15, 0.2) is 84.9 Å². The standard InChI is InChI=1S/C29H34N4O2/c1-23-9-8-14-26(21-23)33-19-17-32(18-20-33)16-15-30-28(34)22-27(24-10-4-2-5-11-24)31-29(35)25-12-6-3-7-13-25/h2-14,21,27H,15-20,22H2,1H3,(H,30,34)(H,31,35). The Bertz CT molecular complexity index is 1100. The molecule has 0 saturated carbocycles. The molecule has 1 heterocycles. The summed E-state index contributed by atoms with van der Waals surface area (Å²) in [5, 5.41) is 6.08. The van der Waals surface area contributed by atoms with Crippen LogP contribution in [-0.4, -0.2) is 56.0 Å². The van der Waals surface area contributed by atoms with Crippen molar-refractivity contribution in [2.75, 3.05) is 44.2 Å². The van der Waals surface area contributed by atoms with Crippen LogP contribution in [0.25, 0.3) is 0 Å². The van der Waals surface area contributed by atoms with E-state index in [1.807, 2.05) is 48.5 Å². The van der Waals surface area contributed by atoms with Gasteiger partial charge in [-0.3, -0.25) is 14.5 Å². The normalized spacial score (nSPS) is 14.8. The first kappa shape index (κ1) is 24.5. The monoisotopic (exact) mass is 470 g/mol. The average molecular weight is 471 g/mol. The maximum atomic E-state index is 12.8. The zero-order valence-electron chi connectivity index (χ0n) is 20.3. The van der Waals surface area contributed by atoms with Crippen molar-refractivity contribution in [2.24, 2.45) is 0 Å². The van der Waals surface area contributed by atoms with Crippen molar-refractivity contribution < 1.29 is 9.59 Å². The van der Waals surface area contributed by atoms with E-state index in [9.17, 15) is 9.59 Å². The molecule has 1 aliphatic heterocycles. The molecule has 0 bridgehead atoms. The highest BCUT2D eigenvalue weighted by atomic mass is 16.2. The Kier molecular flexibility index (Phi) is 8.52. The summed E-state index contributed by atoms with van der Waals surface area (Å²) >= 11 is 0. The Morgan fingerprint density at radius 3 is 2.23 bits per heavy atom. The van der Waals surface area contributed by atoms with Crippen LogP contribution in [0.3, 0.4) is 0 Å². The lowest BCUT2D eigenvalue weighted by Gasteiger charge is -2.36. The van der Waals surface area contributed by atoms with Crippen LogP contribution in [0.5, 0.6) is 0 Å². The first-order valence-electron chi connectivity index (χ1n) is 12.3. The first-order valence-corrected chi connectivity index (χ1v) is 12.3. The van der Waals surface area contributed by atoms with E-state index >= 15 is 0 Å². The molecule has 1 fully saturated rings. The van der Waals surface area contributed by atoms with E-state index in [-0.39, 0.29) is 24.3 Å². The van der Waals surface area contributed by atoms with Gasteiger partial charge < -0.3 is 15.5 Å². The number of nitrogens with one attached hydrogen (secondary N) is 2. The molecule has 4 rings (SSSR count). The van der Waals surface area contributed by atoms with Crippen LogP contribution in [0.1, 0.15) is 33.9 Å². The molecule has 0 radical (unpaired) electrons. The van der Waals surface area contributed by atoms with Crippen molar-refractivity contribution in [3.05, 3.63) is 102 Å². The highest BCUT2D eigenvalue weighted by Gasteiger charge is 2.20. The predicted octanol–water partition coefficient (Wildman–Crippen LogP) is 3.79. The second kappa shape index (κ2) is 12.2. The Balaban J connectivity index is 1.25. The topological polar surface area (TPSA) is 64.7 Å². The van der Waals surface area contributed by atoms with Gasteiger partial charge in [0.2, 0.25) is 5.91 Å². The highest BCUT2D eigenvalue weighted by molar-refractivity contribution is 5.94. The molecule has 0 aliphatic carbocycles. The fraction of sp³-hybridized carbons (Fsp3) is 0.310. The summed E-state index contributed by atoms with van der Waals surface area (Å²) < 4.78 is 0. The lowest BCUT2D eigenvalue weighted by Crippen LogP contribution is -2.48. The molecule has 1 saturated heterocycles. The Morgan fingerprint density at radius 2 is 1.54 bits per heavy atom. The van der Waals surface area contributed by atoms with E-state index in [1.54, 1.807) is 12.1 Å². The van der Waals surface area contributed by atoms with Gasteiger partial charge in [-0.15, -0.1) is 0 Å². The zero-order valence-corrected chi connectivity index (χ0v) is 20.3. The maximum absolute atomic E-state index is 12.8. The molecule has 3 aromatic rings. The van der Waals surface area contributed by atoms with Gasteiger partial charge in [0.05, 0.1) is 12.5 Å². The number of nitrogens with zero attached hydrogens (tertiary/aromatic N) is 2. The van der Waals surface area contributed by atoms with E-state index in [4.69, 9.17) is 0 Å². The van der Waals surface area contributed by atoms with Gasteiger partial charge in [-0.25, -0.2) is 0 Å². The minimum absolute atomic E-state index is 0.0642. The third kappa shape index (κ3) is 7.17. The molecular weight excluding hydrogens is 436 g/mol. The second-order valence-corrected chi connectivity index (χ2v) is 9.02. The molecule has 1 aliphatic rings. The van der Waals surface area contributed by atoms with Crippen LogP contribution in [0.4, 0.5) is 5.69 Å². The van der Waals surface area contributed by atoms with Gasteiger partial charge in [0.25, 0.3) is 5.91 Å². The van der Waals surface area contributed by atoms with E-state index in [2.05, 4.69) is 51.6 Å². The molecule has 1 unspecified atom stereocenters. The number of hydrogen-bond donors (Lipinski definition) is 2. The molecular formula is C29H34N4O2. The van der Waals surface area contributed by atoms with Gasteiger partial charge in [-0.1, -0.05) is 60.7 Å². The SMILES string of the molecule is Cc1cccc(N2CCN(CCNC(=O)CC(NC(=O)c3ccccc3)c3ccccc3)CC2)c1. The number of anilines is 1. The fourth-order valence-electron chi connectivity index (χ4n) is 4.43. The Hall–Kier alpha value is -3.64. The number of benzene rings is 3. The summed E-state index contributed by atoms with van der Waals surface area (Å²) in [7, 11) is 0. The summed E-state index contributed by atoms with van der Waals surface area (Å²) in [5.41, 5.74) is 4.06. The smallest absolute Gasteiger partial charge is 0.251 e. The molecule has 0 aromatic heterocycles. The van der Waals surface area contributed by atoms with Crippen LogP contribution >= 0.6 is 0 Å². The number of piperazine rings is 1. The van der Waals surface area contributed by atoms with Gasteiger partial charge >= 0.3 is 0 Å². The first-order chi connectivity index (χ1) is 17.1. The lowest BCUT2D eigenvalue weighted by molar-refractivity contribution is -0.121. The van der Waals surface area contributed by atoms with Crippen molar-refractivity contribution >= 4 is 17.5 Å². The van der Waals surface area contributed by atoms with Crippen LogP contribution < -0.4 is 15.5 Å². The molecule has 182 valence electrons. The van der Waals surface area contributed by atoms with Gasteiger partial charge in [0.1, 0.15) is 0 Å². The van der Waals surface area contributed by atoms with E-state index in [0.29, 0.717) is 12.1 Å². The minimum Gasteiger partial charge on any atom is -0.369 e. The summed E-state index contributed by atoms with van der Waals surface area (Å²) in [6, 6.07) is 27.0. The molecule has 1 atom stereocenters. The summed E-state index contributed by atoms with van der Waals surface area (Å²) in [6.45, 7) is 7.46. The largest absolute Gasteiger partial charge is 0.369 e. The fourth-order valence-corrected chi connectivity index (χ4v) is 4.43. The van der Waals surface area contributed by atoms with E-state index in [0.717, 1.165) is 38.3 Å². The van der Waals surface area contributed by atoms with Gasteiger partial charge in [-0.05, 0) is 42.3 Å². The Labute approximate surface area is 207 Å². The summed E-state index contributed by atoms with van der Waals surface area (Å²) in [5.74, 6) is -0.246. The second-order valence-electron chi connectivity index (χ2n) is 9.02. The quantitative estimate of drug-likeness (QED) is 0.499. The van der Waals surface area contributed by atoms with E-state index in [1.165, 1.54) is 11.3 Å². The van der Waals surface area contributed by atoms with E-state index < -0.39 is 0 Å². The Morgan fingerprint density at radius 1 is 0.857 bits per heavy atom. The highest BCUT2D eigenvalue weighted by Crippen LogP contribution is 2.19. The molecule has 2 amide bonds. The van der Waals surface area contributed by atoms with Crippen molar-refractivity contribution in [1.29, 1.82) is 0 Å². The average Bonchev–Trinajstić information content (AvgIpc) is 2.90. The molecule has 6 heteroatoms. The number of carbonyl (C=O) groups excluding carboxylic acids is 2. The van der Waals surface area contributed by atoms with Crippen LogP contribution in [0, 0.1) is 6.92 Å². The minimum atomic E-state index is -0.387. The number of amides is 2. The van der Waals surface area contributed by atoms with Crippen molar-refractivity contribution in [1.82, 2.24) is 15.5 Å². The van der Waals surface area contributed by atoms with Gasteiger partial charge in [0.15, 0.2) is 0 Å². The third-order valence-corrected chi connectivity index (χ3v) is 6.42. The summed E-state index contributed by atoms with van der Waals surface area (Å²) in [6.07, 6.45) is 0.198. The molecule has 6 nitrogen and oxygen atoms in total.